The number of methoxy groups -OCH3 is 1. The third-order valence-electron chi connectivity index (χ3n) is 1.56. The van der Waals surface area contributed by atoms with E-state index in [-0.39, 0.29) is 22.2 Å². The summed E-state index contributed by atoms with van der Waals surface area (Å²) in [5, 5.41) is 16.6. The average Bonchev–Trinajstić information content (AvgIpc) is 2.09. The van der Waals surface area contributed by atoms with E-state index in [1.165, 1.54) is 19.2 Å². The van der Waals surface area contributed by atoms with Crippen LogP contribution in [0.5, 0.6) is 11.5 Å². The van der Waals surface area contributed by atoms with Gasteiger partial charge in [0.1, 0.15) is 17.3 Å². The molecule has 1 aromatic carbocycles. The van der Waals surface area contributed by atoms with Gasteiger partial charge in [0.15, 0.2) is 0 Å². The molecule has 4 N–H and O–H groups in total. The van der Waals surface area contributed by atoms with Gasteiger partial charge in [-0.15, -0.1) is 0 Å². The lowest BCUT2D eigenvalue weighted by atomic mass is 10.2. The number of benzene rings is 1. The fourth-order valence-corrected chi connectivity index (χ4v) is 1.11. The highest BCUT2D eigenvalue weighted by Gasteiger charge is 2.10. The van der Waals surface area contributed by atoms with Crippen LogP contribution in [0.25, 0.3) is 0 Å². The zero-order valence-electron chi connectivity index (χ0n) is 6.97. The molecule has 0 radical (unpaired) electrons. The number of aromatic hydroxyl groups is 1. The molecule has 0 saturated heterocycles. The van der Waals surface area contributed by atoms with Gasteiger partial charge in [-0.3, -0.25) is 5.41 Å². The SMILES string of the molecule is COc1cc(Cl)c(O)c(C(=N)N)c1. The Bertz CT molecular complexity index is 352. The summed E-state index contributed by atoms with van der Waals surface area (Å²) in [6, 6.07) is 2.90. The first kappa shape index (κ1) is 9.67. The van der Waals surface area contributed by atoms with Gasteiger partial charge in [0.2, 0.25) is 0 Å². The number of nitrogens with one attached hydrogen (secondary N) is 1. The molecule has 0 unspecified atom stereocenters. The molecule has 1 aromatic rings. The summed E-state index contributed by atoms with van der Waals surface area (Å²) in [4.78, 5) is 0. The van der Waals surface area contributed by atoms with Crippen LogP contribution in [0.3, 0.4) is 0 Å². The quantitative estimate of drug-likeness (QED) is 0.498. The zero-order chi connectivity index (χ0) is 10.0. The van der Waals surface area contributed by atoms with Gasteiger partial charge in [0.05, 0.1) is 17.7 Å². The number of phenols is 1. The Morgan fingerprint density at radius 1 is 1.62 bits per heavy atom. The Morgan fingerprint density at radius 3 is 2.69 bits per heavy atom. The van der Waals surface area contributed by atoms with Crippen molar-refractivity contribution in [2.75, 3.05) is 7.11 Å². The molecular weight excluding hydrogens is 192 g/mol. The van der Waals surface area contributed by atoms with Crippen LogP contribution in [-0.2, 0) is 0 Å². The van der Waals surface area contributed by atoms with Crippen molar-refractivity contribution in [2.45, 2.75) is 0 Å². The molecule has 0 heterocycles. The van der Waals surface area contributed by atoms with Crippen molar-refractivity contribution in [3.63, 3.8) is 0 Å². The average molecular weight is 201 g/mol. The smallest absolute Gasteiger partial charge is 0.145 e. The molecule has 4 nitrogen and oxygen atoms in total. The van der Waals surface area contributed by atoms with Gasteiger partial charge in [-0.25, -0.2) is 0 Å². The number of rotatable bonds is 2. The van der Waals surface area contributed by atoms with E-state index in [1.807, 2.05) is 0 Å². The van der Waals surface area contributed by atoms with E-state index < -0.39 is 0 Å². The van der Waals surface area contributed by atoms with Gasteiger partial charge in [-0.1, -0.05) is 11.6 Å². The molecule has 70 valence electrons. The van der Waals surface area contributed by atoms with Crippen molar-refractivity contribution in [1.29, 1.82) is 5.41 Å². The summed E-state index contributed by atoms with van der Waals surface area (Å²) >= 11 is 5.66. The summed E-state index contributed by atoms with van der Waals surface area (Å²) < 4.78 is 4.89. The van der Waals surface area contributed by atoms with Gasteiger partial charge < -0.3 is 15.6 Å². The van der Waals surface area contributed by atoms with Crippen LogP contribution >= 0.6 is 11.6 Å². The van der Waals surface area contributed by atoms with Crippen molar-refractivity contribution in [2.24, 2.45) is 5.73 Å². The number of ether oxygens (including phenoxy) is 1. The second kappa shape index (κ2) is 3.53. The third kappa shape index (κ3) is 1.84. The monoisotopic (exact) mass is 200 g/mol. The van der Waals surface area contributed by atoms with Crippen LogP contribution in [0, 0.1) is 5.41 Å². The van der Waals surface area contributed by atoms with Crippen LogP contribution in [0.15, 0.2) is 12.1 Å². The van der Waals surface area contributed by atoms with Crippen molar-refractivity contribution >= 4 is 17.4 Å². The van der Waals surface area contributed by atoms with E-state index in [1.54, 1.807) is 0 Å². The summed E-state index contributed by atoms with van der Waals surface area (Å²) in [5.41, 5.74) is 5.39. The lowest BCUT2D eigenvalue weighted by molar-refractivity contribution is 0.412. The van der Waals surface area contributed by atoms with Crippen LogP contribution in [0.2, 0.25) is 5.02 Å². The van der Waals surface area contributed by atoms with E-state index in [0.29, 0.717) is 5.75 Å². The molecule has 0 atom stereocenters. The summed E-state index contributed by atoms with van der Waals surface area (Å²) in [6.45, 7) is 0. The van der Waals surface area contributed by atoms with Crippen LogP contribution in [-0.4, -0.2) is 18.1 Å². The number of hydrogen-bond acceptors (Lipinski definition) is 3. The normalized spacial score (nSPS) is 9.69. The highest BCUT2D eigenvalue weighted by atomic mass is 35.5. The highest BCUT2D eigenvalue weighted by molar-refractivity contribution is 6.32. The molecule has 0 aromatic heterocycles. The fourth-order valence-electron chi connectivity index (χ4n) is 0.897. The molecule has 1 rings (SSSR count). The molecule has 0 saturated carbocycles. The standard InChI is InChI=1S/C8H9ClN2O2/c1-13-4-2-5(8(10)11)7(12)6(9)3-4/h2-3,12H,1H3,(H3,10,11). The van der Waals surface area contributed by atoms with Gasteiger partial charge >= 0.3 is 0 Å². The summed E-state index contributed by atoms with van der Waals surface area (Å²) in [6.07, 6.45) is 0. The molecule has 0 fully saturated rings. The molecule has 5 heteroatoms. The molecule has 0 aliphatic rings. The Labute approximate surface area is 80.4 Å². The van der Waals surface area contributed by atoms with Gasteiger partial charge in [0, 0.05) is 6.07 Å². The van der Waals surface area contributed by atoms with E-state index in [9.17, 15) is 5.11 Å². The van der Waals surface area contributed by atoms with E-state index >= 15 is 0 Å². The molecule has 0 amide bonds. The van der Waals surface area contributed by atoms with Gasteiger partial charge in [-0.05, 0) is 6.07 Å². The number of phenolic OH excluding ortho intramolecular Hbond substituents is 1. The zero-order valence-corrected chi connectivity index (χ0v) is 7.72. The molecular formula is C8H9ClN2O2. The third-order valence-corrected chi connectivity index (χ3v) is 1.85. The first-order chi connectivity index (χ1) is 6.06. The minimum atomic E-state index is -0.252. The largest absolute Gasteiger partial charge is 0.506 e. The summed E-state index contributed by atoms with van der Waals surface area (Å²) in [7, 11) is 1.46. The lowest BCUT2D eigenvalue weighted by Crippen LogP contribution is -2.11. The van der Waals surface area contributed by atoms with Crippen molar-refractivity contribution in [3.8, 4) is 11.5 Å². The molecule has 0 aliphatic carbocycles. The topological polar surface area (TPSA) is 79.3 Å². The Morgan fingerprint density at radius 2 is 2.23 bits per heavy atom. The summed E-state index contributed by atoms with van der Waals surface area (Å²) in [5.74, 6) is 0.00117. The van der Waals surface area contributed by atoms with E-state index in [2.05, 4.69) is 0 Å². The van der Waals surface area contributed by atoms with Gasteiger partial charge in [-0.2, -0.15) is 0 Å². The predicted octanol–water partition coefficient (Wildman–Crippen LogP) is 1.34. The Kier molecular flexibility index (Phi) is 2.63. The maximum Gasteiger partial charge on any atom is 0.145 e. The van der Waals surface area contributed by atoms with Crippen molar-refractivity contribution < 1.29 is 9.84 Å². The number of hydrogen-bond donors (Lipinski definition) is 3. The minimum absolute atomic E-state index is 0.115. The molecule has 13 heavy (non-hydrogen) atoms. The maximum atomic E-state index is 9.38. The first-order valence-corrected chi connectivity index (χ1v) is 3.85. The second-order valence-corrected chi connectivity index (χ2v) is 2.83. The lowest BCUT2D eigenvalue weighted by Gasteiger charge is -2.07. The van der Waals surface area contributed by atoms with E-state index in [0.717, 1.165) is 0 Å². The fraction of sp³-hybridized carbons (Fsp3) is 0.125. The number of amidine groups is 1. The van der Waals surface area contributed by atoms with Crippen LogP contribution < -0.4 is 10.5 Å². The van der Waals surface area contributed by atoms with E-state index in [4.69, 9.17) is 27.5 Å². The van der Waals surface area contributed by atoms with Crippen LogP contribution in [0.1, 0.15) is 5.56 Å². The molecule has 0 bridgehead atoms. The number of nitrogens with two attached hydrogens (primary N) is 1. The second-order valence-electron chi connectivity index (χ2n) is 2.42. The molecule has 0 spiro atoms. The predicted molar refractivity (Wildman–Crippen MR) is 50.7 cm³/mol. The number of halogens is 1. The highest BCUT2D eigenvalue weighted by Crippen LogP contribution is 2.31. The van der Waals surface area contributed by atoms with Crippen LogP contribution in [0.4, 0.5) is 0 Å². The van der Waals surface area contributed by atoms with Crippen molar-refractivity contribution in [1.82, 2.24) is 0 Å². The maximum absolute atomic E-state index is 9.38. The first-order valence-electron chi connectivity index (χ1n) is 3.47. The Balaban J connectivity index is 3.33. The van der Waals surface area contributed by atoms with Gasteiger partial charge in [0.25, 0.3) is 0 Å². The number of nitrogen functional groups attached to an aromatic ring is 1. The van der Waals surface area contributed by atoms with Crippen molar-refractivity contribution in [3.05, 3.63) is 22.7 Å². The minimum Gasteiger partial charge on any atom is -0.506 e. The Hall–Kier alpha value is -1.42. The molecule has 0 aliphatic heterocycles.